The first-order valence-electron chi connectivity index (χ1n) is 10.4. The molecule has 2 aromatic heterocycles. The van der Waals surface area contributed by atoms with Gasteiger partial charge in [0.05, 0.1) is 13.2 Å². The zero-order valence-electron chi connectivity index (χ0n) is 16.7. The van der Waals surface area contributed by atoms with Crippen LogP contribution in [0, 0.1) is 0 Å². The average Bonchev–Trinajstić information content (AvgIpc) is 3.05. The number of carbonyl (C=O) groups is 1. The van der Waals surface area contributed by atoms with E-state index in [-0.39, 0.29) is 5.91 Å². The number of nitrogens with zero attached hydrogens (tertiary/aromatic N) is 6. The van der Waals surface area contributed by atoms with E-state index in [4.69, 9.17) is 4.74 Å². The number of pyridine rings is 1. The van der Waals surface area contributed by atoms with Crippen LogP contribution in [0.3, 0.4) is 0 Å². The predicted octanol–water partition coefficient (Wildman–Crippen LogP) is 1.38. The summed E-state index contributed by atoms with van der Waals surface area (Å²) in [5.74, 6) is 1.94. The van der Waals surface area contributed by atoms with Crippen LogP contribution >= 0.6 is 0 Å². The lowest BCUT2D eigenvalue weighted by molar-refractivity contribution is -0.130. The van der Waals surface area contributed by atoms with Crippen molar-refractivity contribution in [3.63, 3.8) is 0 Å². The Labute approximate surface area is 171 Å². The molecule has 8 nitrogen and oxygen atoms in total. The van der Waals surface area contributed by atoms with Crippen LogP contribution in [0.15, 0.2) is 36.8 Å². The number of carbonyl (C=O) groups excluding carboxylic acids is 1. The molecule has 0 radical (unpaired) electrons. The van der Waals surface area contributed by atoms with Crippen molar-refractivity contribution in [2.75, 3.05) is 62.3 Å². The van der Waals surface area contributed by atoms with E-state index >= 15 is 0 Å². The van der Waals surface area contributed by atoms with Crippen LogP contribution in [0.1, 0.15) is 18.4 Å². The number of morpholine rings is 1. The van der Waals surface area contributed by atoms with Crippen LogP contribution in [0.25, 0.3) is 0 Å². The quantitative estimate of drug-likeness (QED) is 0.756. The Bertz CT molecular complexity index is 797. The number of anilines is 2. The van der Waals surface area contributed by atoms with Crippen molar-refractivity contribution in [2.45, 2.75) is 19.3 Å². The number of rotatable bonds is 5. The minimum atomic E-state index is 0.213. The molecular formula is C21H28N6O2. The van der Waals surface area contributed by atoms with Crippen molar-refractivity contribution in [3.8, 4) is 0 Å². The van der Waals surface area contributed by atoms with E-state index in [1.807, 2.05) is 23.2 Å². The predicted molar refractivity (Wildman–Crippen MR) is 111 cm³/mol. The van der Waals surface area contributed by atoms with Gasteiger partial charge in [0.1, 0.15) is 5.82 Å². The average molecular weight is 396 g/mol. The third kappa shape index (κ3) is 5.20. The van der Waals surface area contributed by atoms with E-state index in [0.717, 1.165) is 76.1 Å². The Morgan fingerprint density at radius 1 is 0.931 bits per heavy atom. The number of amides is 1. The lowest BCUT2D eigenvalue weighted by Crippen LogP contribution is -2.36. The lowest BCUT2D eigenvalue weighted by Gasteiger charge is -2.28. The molecule has 0 aromatic carbocycles. The summed E-state index contributed by atoms with van der Waals surface area (Å²) in [4.78, 5) is 32.3. The van der Waals surface area contributed by atoms with Crippen molar-refractivity contribution in [2.24, 2.45) is 0 Å². The van der Waals surface area contributed by atoms with Gasteiger partial charge in [0.2, 0.25) is 11.9 Å². The molecule has 2 fully saturated rings. The van der Waals surface area contributed by atoms with Crippen LogP contribution < -0.4 is 9.80 Å². The maximum absolute atomic E-state index is 12.8. The molecule has 8 heteroatoms. The number of hydrogen-bond donors (Lipinski definition) is 0. The summed E-state index contributed by atoms with van der Waals surface area (Å²) in [6.07, 6.45) is 7.55. The molecule has 2 saturated heterocycles. The van der Waals surface area contributed by atoms with E-state index in [1.54, 1.807) is 12.4 Å². The van der Waals surface area contributed by atoms with Crippen molar-refractivity contribution >= 4 is 17.7 Å². The zero-order chi connectivity index (χ0) is 19.9. The maximum atomic E-state index is 12.8. The van der Waals surface area contributed by atoms with Crippen molar-refractivity contribution in [3.05, 3.63) is 42.4 Å². The van der Waals surface area contributed by atoms with Gasteiger partial charge in [-0.2, -0.15) is 0 Å². The van der Waals surface area contributed by atoms with Crippen LogP contribution in [-0.4, -0.2) is 78.2 Å². The van der Waals surface area contributed by atoms with Gasteiger partial charge in [-0.25, -0.2) is 15.0 Å². The third-order valence-corrected chi connectivity index (χ3v) is 5.46. The molecule has 4 heterocycles. The number of ether oxygens (including phenoxy) is 1. The Hall–Kier alpha value is -2.74. The van der Waals surface area contributed by atoms with Gasteiger partial charge in [-0.3, -0.25) is 4.79 Å². The molecule has 29 heavy (non-hydrogen) atoms. The van der Waals surface area contributed by atoms with E-state index in [2.05, 4.69) is 30.8 Å². The molecule has 2 aromatic rings. The molecule has 0 unspecified atom stereocenters. The molecule has 1 amide bonds. The zero-order valence-corrected chi connectivity index (χ0v) is 16.7. The molecule has 4 rings (SSSR count). The third-order valence-electron chi connectivity index (χ3n) is 5.46. The SMILES string of the molecule is O=C(CCc1ccnc(N2CCOCC2)c1)N1CCCN(c2ncccn2)CC1. The van der Waals surface area contributed by atoms with Crippen molar-refractivity contribution < 1.29 is 9.53 Å². The van der Waals surface area contributed by atoms with Crippen LogP contribution in [0.4, 0.5) is 11.8 Å². The molecule has 0 bridgehead atoms. The number of aryl methyl sites for hydroxylation is 1. The number of aromatic nitrogens is 3. The van der Waals surface area contributed by atoms with Crippen molar-refractivity contribution in [1.82, 2.24) is 19.9 Å². The first kappa shape index (κ1) is 19.6. The summed E-state index contributed by atoms with van der Waals surface area (Å²) < 4.78 is 5.41. The minimum absolute atomic E-state index is 0.213. The highest BCUT2D eigenvalue weighted by atomic mass is 16.5. The summed E-state index contributed by atoms with van der Waals surface area (Å²) in [5.41, 5.74) is 1.16. The second kappa shape index (κ2) is 9.65. The van der Waals surface area contributed by atoms with Crippen LogP contribution in [0.5, 0.6) is 0 Å². The van der Waals surface area contributed by atoms with Gasteiger partial charge in [-0.05, 0) is 36.6 Å². The van der Waals surface area contributed by atoms with Gasteiger partial charge < -0.3 is 19.4 Å². The fraction of sp³-hybridized carbons (Fsp3) is 0.524. The molecular weight excluding hydrogens is 368 g/mol. The molecule has 0 N–H and O–H groups in total. The fourth-order valence-electron chi connectivity index (χ4n) is 3.81. The van der Waals surface area contributed by atoms with Gasteiger partial charge in [0, 0.05) is 64.3 Å². The molecule has 0 aliphatic carbocycles. The smallest absolute Gasteiger partial charge is 0.225 e. The minimum Gasteiger partial charge on any atom is -0.378 e. The fourth-order valence-corrected chi connectivity index (χ4v) is 3.81. The summed E-state index contributed by atoms with van der Waals surface area (Å²) in [5, 5.41) is 0. The summed E-state index contributed by atoms with van der Waals surface area (Å²) >= 11 is 0. The Kier molecular flexibility index (Phi) is 6.51. The molecule has 0 saturated carbocycles. The standard InChI is InChI=1S/C21H28N6O2/c28-20(26-9-2-10-27(12-11-26)21-23-6-1-7-24-21)4-3-18-5-8-22-19(17-18)25-13-15-29-16-14-25/h1,5-8,17H,2-4,9-16H2. The highest BCUT2D eigenvalue weighted by molar-refractivity contribution is 5.76. The largest absolute Gasteiger partial charge is 0.378 e. The second-order valence-electron chi connectivity index (χ2n) is 7.39. The highest BCUT2D eigenvalue weighted by Crippen LogP contribution is 2.16. The Balaban J connectivity index is 1.29. The van der Waals surface area contributed by atoms with Gasteiger partial charge in [-0.1, -0.05) is 0 Å². The summed E-state index contributed by atoms with van der Waals surface area (Å²) in [7, 11) is 0. The Morgan fingerprint density at radius 3 is 2.59 bits per heavy atom. The monoisotopic (exact) mass is 396 g/mol. The van der Waals surface area contributed by atoms with Gasteiger partial charge in [0.15, 0.2) is 0 Å². The van der Waals surface area contributed by atoms with Crippen molar-refractivity contribution in [1.29, 1.82) is 0 Å². The van der Waals surface area contributed by atoms with Crippen LogP contribution in [-0.2, 0) is 16.0 Å². The molecule has 0 spiro atoms. The van der Waals surface area contributed by atoms with E-state index in [9.17, 15) is 4.79 Å². The molecule has 0 atom stereocenters. The number of hydrogen-bond acceptors (Lipinski definition) is 7. The normalized spacial score (nSPS) is 17.9. The first-order chi connectivity index (χ1) is 14.3. The lowest BCUT2D eigenvalue weighted by atomic mass is 10.1. The molecule has 2 aliphatic rings. The van der Waals surface area contributed by atoms with Gasteiger partial charge in [0.25, 0.3) is 0 Å². The first-order valence-corrected chi connectivity index (χ1v) is 10.4. The summed E-state index contributed by atoms with van der Waals surface area (Å²) in [6.45, 7) is 6.36. The molecule has 2 aliphatic heterocycles. The van der Waals surface area contributed by atoms with E-state index < -0.39 is 0 Å². The second-order valence-corrected chi connectivity index (χ2v) is 7.39. The van der Waals surface area contributed by atoms with E-state index in [1.165, 1.54) is 0 Å². The summed E-state index contributed by atoms with van der Waals surface area (Å²) in [6, 6.07) is 5.93. The van der Waals surface area contributed by atoms with Gasteiger partial charge >= 0.3 is 0 Å². The van der Waals surface area contributed by atoms with Gasteiger partial charge in [-0.15, -0.1) is 0 Å². The maximum Gasteiger partial charge on any atom is 0.225 e. The Morgan fingerprint density at radius 2 is 1.76 bits per heavy atom. The molecule has 154 valence electrons. The van der Waals surface area contributed by atoms with Crippen LogP contribution in [0.2, 0.25) is 0 Å². The highest BCUT2D eigenvalue weighted by Gasteiger charge is 2.20. The van der Waals surface area contributed by atoms with E-state index in [0.29, 0.717) is 13.0 Å². The topological polar surface area (TPSA) is 74.7 Å².